The Morgan fingerprint density at radius 2 is 1.83 bits per heavy atom. The fourth-order valence-corrected chi connectivity index (χ4v) is 2.76. The molecule has 2 aliphatic rings. The zero-order valence-corrected chi connectivity index (χ0v) is 11.7. The van der Waals surface area contributed by atoms with Gasteiger partial charge in [-0.1, -0.05) is 0 Å². The number of nitrogens with one attached hydrogen (secondary N) is 1. The molecule has 0 aromatic carbocycles. The summed E-state index contributed by atoms with van der Waals surface area (Å²) in [6.07, 6.45) is -0.269. The molecule has 0 radical (unpaired) electrons. The van der Waals surface area contributed by atoms with Gasteiger partial charge in [-0.3, -0.25) is 0 Å². The molecule has 2 N–H and O–H groups in total. The highest BCUT2D eigenvalue weighted by Crippen LogP contribution is 2.35. The summed E-state index contributed by atoms with van der Waals surface area (Å²) in [4.78, 5) is 13.8. The maximum Gasteiger partial charge on any atom is 0.410 e. The molecule has 0 aliphatic carbocycles. The van der Waals surface area contributed by atoms with Gasteiger partial charge in [-0.05, 0) is 27.7 Å². The largest absolute Gasteiger partial charge is 0.444 e. The summed E-state index contributed by atoms with van der Waals surface area (Å²) in [6, 6.07) is 0. The number of hydrogen-bond acceptors (Lipinski definition) is 4. The number of likely N-dealkylation sites (tertiary alicyclic amines) is 1. The van der Waals surface area contributed by atoms with Crippen molar-refractivity contribution < 1.29 is 14.6 Å². The Morgan fingerprint density at radius 1 is 1.33 bits per heavy atom. The van der Waals surface area contributed by atoms with E-state index >= 15 is 0 Å². The first-order chi connectivity index (χ1) is 8.20. The van der Waals surface area contributed by atoms with E-state index < -0.39 is 11.2 Å². The Hall–Kier alpha value is -0.810. The summed E-state index contributed by atoms with van der Waals surface area (Å²) in [7, 11) is 0. The van der Waals surface area contributed by atoms with Crippen LogP contribution in [0.15, 0.2) is 0 Å². The van der Waals surface area contributed by atoms with Gasteiger partial charge in [-0.2, -0.15) is 0 Å². The summed E-state index contributed by atoms with van der Waals surface area (Å²) >= 11 is 0. The molecule has 1 amide bonds. The third-order valence-corrected chi connectivity index (χ3v) is 3.97. The molecule has 2 bridgehead atoms. The first-order valence-electron chi connectivity index (χ1n) is 6.61. The monoisotopic (exact) mass is 256 g/mol. The van der Waals surface area contributed by atoms with Crippen LogP contribution in [-0.2, 0) is 4.74 Å². The van der Waals surface area contributed by atoms with E-state index in [1.54, 1.807) is 4.90 Å². The molecular formula is C13H24N2O3. The van der Waals surface area contributed by atoms with Gasteiger partial charge in [0.25, 0.3) is 0 Å². The number of amides is 1. The first-order valence-corrected chi connectivity index (χ1v) is 6.61. The molecule has 2 heterocycles. The number of rotatable bonds is 0. The van der Waals surface area contributed by atoms with E-state index in [1.807, 2.05) is 27.7 Å². The minimum absolute atomic E-state index is 0.0810. The molecular weight excluding hydrogens is 232 g/mol. The van der Waals surface area contributed by atoms with Crippen molar-refractivity contribution in [3.8, 4) is 0 Å². The number of ether oxygens (including phenoxy) is 1. The van der Waals surface area contributed by atoms with Crippen molar-refractivity contribution in [1.29, 1.82) is 0 Å². The van der Waals surface area contributed by atoms with Crippen LogP contribution in [-0.4, -0.2) is 53.5 Å². The fraction of sp³-hybridized carbons (Fsp3) is 0.923. The Labute approximate surface area is 108 Å². The van der Waals surface area contributed by atoms with Gasteiger partial charge in [0.15, 0.2) is 0 Å². The van der Waals surface area contributed by atoms with E-state index in [0.717, 1.165) is 13.1 Å². The number of fused-ring (bicyclic) bond motifs is 2. The quantitative estimate of drug-likeness (QED) is 0.674. The SMILES string of the molecule is CC(C)(C)OC(=O)N1CC2CNCC(C1)C2(C)O. The topological polar surface area (TPSA) is 61.8 Å². The molecule has 0 aromatic heterocycles. The molecule has 2 saturated heterocycles. The molecule has 18 heavy (non-hydrogen) atoms. The second-order valence-corrected chi connectivity index (χ2v) is 6.66. The number of aliphatic hydroxyl groups is 1. The van der Waals surface area contributed by atoms with E-state index in [2.05, 4.69) is 5.32 Å². The predicted octanol–water partition coefficient (Wildman–Crippen LogP) is 0.824. The second kappa shape index (κ2) is 4.38. The van der Waals surface area contributed by atoms with Crippen molar-refractivity contribution >= 4 is 6.09 Å². The van der Waals surface area contributed by atoms with Crippen molar-refractivity contribution in [2.45, 2.75) is 38.9 Å². The standard InChI is InChI=1S/C13H24N2O3/c1-12(2,3)18-11(16)15-7-9-5-14-6-10(8-15)13(9,4)17/h9-10,14,17H,5-8H2,1-4H3. The maximum absolute atomic E-state index is 12.1. The van der Waals surface area contributed by atoms with Gasteiger partial charge in [0, 0.05) is 38.0 Å². The zero-order valence-electron chi connectivity index (χ0n) is 11.7. The number of nitrogens with zero attached hydrogens (tertiary/aromatic N) is 1. The van der Waals surface area contributed by atoms with Crippen LogP contribution >= 0.6 is 0 Å². The van der Waals surface area contributed by atoms with Gasteiger partial charge in [-0.25, -0.2) is 4.79 Å². The van der Waals surface area contributed by atoms with E-state index in [-0.39, 0.29) is 17.9 Å². The molecule has 2 aliphatic heterocycles. The minimum Gasteiger partial charge on any atom is -0.444 e. The first kappa shape index (κ1) is 13.6. The summed E-state index contributed by atoms with van der Waals surface area (Å²) in [5.74, 6) is 0.162. The third kappa shape index (κ3) is 2.62. The number of carbonyl (C=O) groups is 1. The van der Waals surface area contributed by atoms with Crippen molar-refractivity contribution in [2.75, 3.05) is 26.2 Å². The molecule has 2 atom stereocenters. The van der Waals surface area contributed by atoms with Gasteiger partial charge < -0.3 is 20.1 Å². The summed E-state index contributed by atoms with van der Waals surface area (Å²) in [5, 5.41) is 13.8. The number of hydrogen-bond donors (Lipinski definition) is 2. The number of carbonyl (C=O) groups excluding carboxylic acids is 1. The van der Waals surface area contributed by atoms with Crippen LogP contribution in [0.25, 0.3) is 0 Å². The van der Waals surface area contributed by atoms with Gasteiger partial charge in [0.1, 0.15) is 5.60 Å². The smallest absolute Gasteiger partial charge is 0.410 e. The van der Waals surface area contributed by atoms with Gasteiger partial charge in [-0.15, -0.1) is 0 Å². The lowest BCUT2D eigenvalue weighted by atomic mass is 9.72. The van der Waals surface area contributed by atoms with Crippen LogP contribution in [0.3, 0.4) is 0 Å². The Bertz CT molecular complexity index is 320. The predicted molar refractivity (Wildman–Crippen MR) is 68.3 cm³/mol. The molecule has 2 unspecified atom stereocenters. The lowest BCUT2D eigenvalue weighted by Gasteiger charge is -2.51. The van der Waals surface area contributed by atoms with Crippen LogP contribution in [0.5, 0.6) is 0 Å². The van der Waals surface area contributed by atoms with Crippen LogP contribution in [0.1, 0.15) is 27.7 Å². The summed E-state index contributed by atoms with van der Waals surface area (Å²) in [6.45, 7) is 10.1. The Balaban J connectivity index is 2.04. The van der Waals surface area contributed by atoms with E-state index in [0.29, 0.717) is 13.1 Å². The Kier molecular flexibility index (Phi) is 3.32. The molecule has 104 valence electrons. The summed E-state index contributed by atoms with van der Waals surface area (Å²) in [5.41, 5.74) is -1.14. The van der Waals surface area contributed by atoms with Crippen molar-refractivity contribution in [1.82, 2.24) is 10.2 Å². The summed E-state index contributed by atoms with van der Waals surface area (Å²) < 4.78 is 5.40. The van der Waals surface area contributed by atoms with Crippen molar-refractivity contribution in [2.24, 2.45) is 11.8 Å². The normalized spacial score (nSPS) is 36.4. The molecule has 0 spiro atoms. The van der Waals surface area contributed by atoms with Crippen LogP contribution in [0, 0.1) is 11.8 Å². The van der Waals surface area contributed by atoms with Crippen LogP contribution in [0.2, 0.25) is 0 Å². The van der Waals surface area contributed by atoms with E-state index in [4.69, 9.17) is 4.74 Å². The lowest BCUT2D eigenvalue weighted by molar-refractivity contribution is -0.117. The fourth-order valence-electron chi connectivity index (χ4n) is 2.76. The maximum atomic E-state index is 12.1. The van der Waals surface area contributed by atoms with Crippen molar-refractivity contribution in [3.63, 3.8) is 0 Å². The lowest BCUT2D eigenvalue weighted by Crippen LogP contribution is -2.66. The zero-order chi connectivity index (χ0) is 13.6. The van der Waals surface area contributed by atoms with Gasteiger partial charge in [0.05, 0.1) is 5.60 Å². The average molecular weight is 256 g/mol. The minimum atomic E-state index is -0.677. The third-order valence-electron chi connectivity index (χ3n) is 3.97. The Morgan fingerprint density at radius 3 is 2.28 bits per heavy atom. The van der Waals surface area contributed by atoms with Crippen molar-refractivity contribution in [3.05, 3.63) is 0 Å². The average Bonchev–Trinajstić information content (AvgIpc) is 2.11. The van der Waals surface area contributed by atoms with Gasteiger partial charge >= 0.3 is 6.09 Å². The molecule has 5 heteroatoms. The van der Waals surface area contributed by atoms with E-state index in [1.165, 1.54) is 0 Å². The van der Waals surface area contributed by atoms with Crippen LogP contribution in [0.4, 0.5) is 4.79 Å². The molecule has 5 nitrogen and oxygen atoms in total. The van der Waals surface area contributed by atoms with E-state index in [9.17, 15) is 9.90 Å². The van der Waals surface area contributed by atoms with Crippen LogP contribution < -0.4 is 5.32 Å². The highest BCUT2D eigenvalue weighted by atomic mass is 16.6. The number of piperidine rings is 2. The van der Waals surface area contributed by atoms with Gasteiger partial charge in [0.2, 0.25) is 0 Å². The highest BCUT2D eigenvalue weighted by molar-refractivity contribution is 5.68. The molecule has 0 saturated carbocycles. The molecule has 2 rings (SSSR count). The molecule has 2 fully saturated rings. The molecule has 0 aromatic rings. The second-order valence-electron chi connectivity index (χ2n) is 6.66. The highest BCUT2D eigenvalue weighted by Gasteiger charge is 2.48.